The lowest BCUT2D eigenvalue weighted by Gasteiger charge is -2.26. The standard InChI is InChI=1S/C12H20N2O5/c13-9(5-10(15)16)11(17)14-6-7-1-3-8(4-2-7)12(18)19/h7-9H,1-6,13H2,(H,14,17)(H,15,16)(H,18,19). The number of carbonyl (C=O) groups is 3. The molecule has 0 heterocycles. The zero-order chi connectivity index (χ0) is 14.4. The first-order valence-electron chi connectivity index (χ1n) is 6.38. The van der Waals surface area contributed by atoms with Gasteiger partial charge in [0.1, 0.15) is 0 Å². The van der Waals surface area contributed by atoms with E-state index in [9.17, 15) is 14.4 Å². The minimum atomic E-state index is -1.11. The average molecular weight is 272 g/mol. The van der Waals surface area contributed by atoms with Crippen LogP contribution in [0, 0.1) is 11.8 Å². The number of amides is 1. The Hall–Kier alpha value is -1.63. The van der Waals surface area contributed by atoms with Crippen LogP contribution in [0.15, 0.2) is 0 Å². The van der Waals surface area contributed by atoms with Crippen LogP contribution in [0.4, 0.5) is 0 Å². The van der Waals surface area contributed by atoms with Gasteiger partial charge in [0.2, 0.25) is 5.91 Å². The topological polar surface area (TPSA) is 130 Å². The lowest BCUT2D eigenvalue weighted by molar-refractivity contribution is -0.143. The van der Waals surface area contributed by atoms with Gasteiger partial charge in [0.05, 0.1) is 18.4 Å². The lowest BCUT2D eigenvalue weighted by atomic mass is 9.82. The minimum absolute atomic E-state index is 0.247. The Morgan fingerprint density at radius 1 is 1.16 bits per heavy atom. The van der Waals surface area contributed by atoms with Crippen LogP contribution in [0.1, 0.15) is 32.1 Å². The Morgan fingerprint density at radius 2 is 1.74 bits per heavy atom. The number of hydrogen-bond donors (Lipinski definition) is 4. The first-order chi connectivity index (χ1) is 8.90. The minimum Gasteiger partial charge on any atom is -0.481 e. The summed E-state index contributed by atoms with van der Waals surface area (Å²) in [5.41, 5.74) is 5.42. The highest BCUT2D eigenvalue weighted by atomic mass is 16.4. The Balaban J connectivity index is 2.25. The number of carboxylic acid groups (broad SMARTS) is 2. The second kappa shape index (κ2) is 7.08. The molecule has 1 amide bonds. The average Bonchev–Trinajstić information content (AvgIpc) is 2.35. The van der Waals surface area contributed by atoms with Gasteiger partial charge < -0.3 is 21.3 Å². The van der Waals surface area contributed by atoms with E-state index in [4.69, 9.17) is 15.9 Å². The van der Waals surface area contributed by atoms with Crippen molar-refractivity contribution in [3.05, 3.63) is 0 Å². The monoisotopic (exact) mass is 272 g/mol. The molecule has 1 atom stereocenters. The molecule has 0 aromatic heterocycles. The highest BCUT2D eigenvalue weighted by molar-refractivity contribution is 5.85. The molecule has 0 spiro atoms. The van der Waals surface area contributed by atoms with Gasteiger partial charge in [-0.25, -0.2) is 0 Å². The SMILES string of the molecule is NC(CC(=O)O)C(=O)NCC1CCC(C(=O)O)CC1. The lowest BCUT2D eigenvalue weighted by Crippen LogP contribution is -2.44. The maximum Gasteiger partial charge on any atom is 0.306 e. The molecule has 1 fully saturated rings. The third-order valence-corrected chi connectivity index (χ3v) is 3.49. The van der Waals surface area contributed by atoms with Crippen molar-refractivity contribution in [3.63, 3.8) is 0 Å². The van der Waals surface area contributed by atoms with E-state index in [1.807, 2.05) is 0 Å². The molecule has 108 valence electrons. The molecule has 1 unspecified atom stereocenters. The van der Waals surface area contributed by atoms with Crippen molar-refractivity contribution in [2.24, 2.45) is 17.6 Å². The number of hydrogen-bond acceptors (Lipinski definition) is 4. The third-order valence-electron chi connectivity index (χ3n) is 3.49. The number of nitrogens with one attached hydrogen (secondary N) is 1. The Labute approximate surface area is 111 Å². The van der Waals surface area contributed by atoms with Crippen LogP contribution in [0.2, 0.25) is 0 Å². The van der Waals surface area contributed by atoms with Gasteiger partial charge in [0.15, 0.2) is 0 Å². The summed E-state index contributed by atoms with van der Waals surface area (Å²) >= 11 is 0. The number of carbonyl (C=O) groups excluding carboxylic acids is 1. The van der Waals surface area contributed by atoms with Gasteiger partial charge in [-0.3, -0.25) is 14.4 Å². The number of carboxylic acids is 2. The summed E-state index contributed by atoms with van der Waals surface area (Å²) in [7, 11) is 0. The van der Waals surface area contributed by atoms with Crippen molar-refractivity contribution in [1.29, 1.82) is 0 Å². The first-order valence-corrected chi connectivity index (χ1v) is 6.38. The number of rotatable bonds is 6. The van der Waals surface area contributed by atoms with E-state index in [2.05, 4.69) is 5.32 Å². The van der Waals surface area contributed by atoms with Gasteiger partial charge >= 0.3 is 11.9 Å². The van der Waals surface area contributed by atoms with E-state index in [0.29, 0.717) is 19.4 Å². The predicted molar refractivity (Wildman–Crippen MR) is 66.3 cm³/mol. The molecular formula is C12H20N2O5. The van der Waals surface area contributed by atoms with Crippen LogP contribution in [0.25, 0.3) is 0 Å². The number of nitrogens with two attached hydrogens (primary N) is 1. The summed E-state index contributed by atoms with van der Waals surface area (Å²) in [6.07, 6.45) is 2.36. The summed E-state index contributed by atoms with van der Waals surface area (Å²) in [5, 5.41) is 20.0. The fourth-order valence-corrected chi connectivity index (χ4v) is 2.27. The summed E-state index contributed by atoms with van der Waals surface area (Å²) < 4.78 is 0. The normalized spacial score (nSPS) is 24.5. The van der Waals surface area contributed by atoms with Gasteiger partial charge in [-0.05, 0) is 31.6 Å². The van der Waals surface area contributed by atoms with Crippen molar-refractivity contribution < 1.29 is 24.6 Å². The molecular weight excluding hydrogens is 252 g/mol. The zero-order valence-corrected chi connectivity index (χ0v) is 10.7. The van der Waals surface area contributed by atoms with E-state index >= 15 is 0 Å². The highest BCUT2D eigenvalue weighted by Crippen LogP contribution is 2.28. The van der Waals surface area contributed by atoms with Gasteiger partial charge in [-0.2, -0.15) is 0 Å². The maximum atomic E-state index is 11.5. The van der Waals surface area contributed by atoms with Crippen LogP contribution in [-0.2, 0) is 14.4 Å². The Morgan fingerprint density at radius 3 is 2.21 bits per heavy atom. The second-order valence-electron chi connectivity index (χ2n) is 5.01. The highest BCUT2D eigenvalue weighted by Gasteiger charge is 2.26. The predicted octanol–water partition coefficient (Wildman–Crippen LogP) is -0.204. The fourth-order valence-electron chi connectivity index (χ4n) is 2.27. The van der Waals surface area contributed by atoms with Crippen molar-refractivity contribution in [3.8, 4) is 0 Å². The summed E-state index contributed by atoms with van der Waals surface area (Å²) in [5.74, 6) is -2.36. The molecule has 0 saturated heterocycles. The maximum absolute atomic E-state index is 11.5. The molecule has 5 N–H and O–H groups in total. The molecule has 1 saturated carbocycles. The van der Waals surface area contributed by atoms with Crippen molar-refractivity contribution in [1.82, 2.24) is 5.32 Å². The third kappa shape index (κ3) is 5.25. The van der Waals surface area contributed by atoms with Gasteiger partial charge in [0, 0.05) is 6.54 Å². The molecule has 7 nitrogen and oxygen atoms in total. The van der Waals surface area contributed by atoms with Gasteiger partial charge in [-0.1, -0.05) is 0 Å². The van der Waals surface area contributed by atoms with E-state index in [-0.39, 0.29) is 11.8 Å². The van der Waals surface area contributed by atoms with Crippen molar-refractivity contribution in [2.45, 2.75) is 38.1 Å². The second-order valence-corrected chi connectivity index (χ2v) is 5.01. The van der Waals surface area contributed by atoms with Crippen LogP contribution >= 0.6 is 0 Å². The van der Waals surface area contributed by atoms with Crippen LogP contribution in [0.5, 0.6) is 0 Å². The first kappa shape index (κ1) is 15.4. The van der Waals surface area contributed by atoms with E-state index in [1.165, 1.54) is 0 Å². The zero-order valence-electron chi connectivity index (χ0n) is 10.7. The smallest absolute Gasteiger partial charge is 0.306 e. The van der Waals surface area contributed by atoms with Crippen LogP contribution < -0.4 is 11.1 Å². The Bertz CT molecular complexity index is 350. The number of aliphatic carboxylic acids is 2. The van der Waals surface area contributed by atoms with E-state index in [0.717, 1.165) is 12.8 Å². The van der Waals surface area contributed by atoms with Crippen molar-refractivity contribution in [2.75, 3.05) is 6.54 Å². The van der Waals surface area contributed by atoms with Crippen molar-refractivity contribution >= 4 is 17.8 Å². The van der Waals surface area contributed by atoms with Crippen LogP contribution in [-0.4, -0.2) is 40.6 Å². The van der Waals surface area contributed by atoms with E-state index < -0.39 is 30.3 Å². The molecule has 0 aromatic rings. The summed E-state index contributed by atoms with van der Waals surface area (Å²) in [6.45, 7) is 0.429. The summed E-state index contributed by atoms with van der Waals surface area (Å²) in [6, 6.07) is -1.03. The largest absolute Gasteiger partial charge is 0.481 e. The van der Waals surface area contributed by atoms with Crippen LogP contribution in [0.3, 0.4) is 0 Å². The molecule has 1 aliphatic rings. The van der Waals surface area contributed by atoms with Gasteiger partial charge in [-0.15, -0.1) is 0 Å². The summed E-state index contributed by atoms with van der Waals surface area (Å²) in [4.78, 5) is 32.7. The molecule has 1 rings (SSSR count). The molecule has 0 radical (unpaired) electrons. The molecule has 0 aromatic carbocycles. The molecule has 0 aliphatic heterocycles. The quantitative estimate of drug-likeness (QED) is 0.529. The fraction of sp³-hybridized carbons (Fsp3) is 0.750. The molecule has 1 aliphatic carbocycles. The molecule has 7 heteroatoms. The molecule has 19 heavy (non-hydrogen) atoms. The van der Waals surface area contributed by atoms with E-state index in [1.54, 1.807) is 0 Å². The van der Waals surface area contributed by atoms with Gasteiger partial charge in [0.25, 0.3) is 0 Å². The Kier molecular flexibility index (Phi) is 5.75. The molecule has 0 bridgehead atoms.